The molecule has 3 heteroatoms. The molecule has 2 rings (SSSR count). The van der Waals surface area contributed by atoms with Crippen molar-refractivity contribution in [2.45, 2.75) is 17.7 Å². The summed E-state index contributed by atoms with van der Waals surface area (Å²) in [5, 5.41) is 1.96. The van der Waals surface area contributed by atoms with E-state index in [9.17, 15) is 0 Å². The highest BCUT2D eigenvalue weighted by Gasteiger charge is 2.41. The van der Waals surface area contributed by atoms with Crippen LogP contribution in [0.25, 0.3) is 0 Å². The van der Waals surface area contributed by atoms with Crippen LogP contribution in [0.15, 0.2) is 29.2 Å². The number of hydrogen-bond acceptors (Lipinski definition) is 1. The Morgan fingerprint density at radius 2 is 2.21 bits per heavy atom. The average molecular weight is 292 g/mol. The van der Waals surface area contributed by atoms with E-state index in [1.54, 1.807) is 0 Å². The van der Waals surface area contributed by atoms with Crippen molar-refractivity contribution in [1.82, 2.24) is 0 Å². The molecule has 0 aliphatic heterocycles. The van der Waals surface area contributed by atoms with Crippen LogP contribution in [0.1, 0.15) is 12.8 Å². The number of alkyl halides is 1. The van der Waals surface area contributed by atoms with E-state index in [0.717, 1.165) is 10.4 Å². The van der Waals surface area contributed by atoms with Crippen LogP contribution in [-0.4, -0.2) is 11.1 Å². The Labute approximate surface area is 103 Å². The quantitative estimate of drug-likeness (QED) is 0.577. The molecular weight excluding hydrogens is 280 g/mol. The minimum Gasteiger partial charge on any atom is -0.126 e. The maximum Gasteiger partial charge on any atom is 0.0417 e. The summed E-state index contributed by atoms with van der Waals surface area (Å²) < 4.78 is 0. The summed E-state index contributed by atoms with van der Waals surface area (Å²) in [6, 6.07) is 8.10. The van der Waals surface area contributed by atoms with Gasteiger partial charge in [0.1, 0.15) is 0 Å². The Morgan fingerprint density at radius 1 is 1.43 bits per heavy atom. The maximum atomic E-state index is 5.92. The summed E-state index contributed by atoms with van der Waals surface area (Å²) >= 11 is 11.4. The van der Waals surface area contributed by atoms with Crippen molar-refractivity contribution in [2.75, 3.05) is 11.1 Å². The second-order valence-electron chi connectivity index (χ2n) is 3.88. The number of hydrogen-bond donors (Lipinski definition) is 0. The largest absolute Gasteiger partial charge is 0.126 e. The molecule has 76 valence electrons. The van der Waals surface area contributed by atoms with E-state index >= 15 is 0 Å². The van der Waals surface area contributed by atoms with Crippen LogP contribution in [0.2, 0.25) is 5.02 Å². The van der Waals surface area contributed by atoms with Gasteiger partial charge in [0.2, 0.25) is 0 Å². The molecule has 0 unspecified atom stereocenters. The molecule has 0 atom stereocenters. The Balaban J connectivity index is 1.92. The fourth-order valence-electron chi connectivity index (χ4n) is 1.29. The maximum absolute atomic E-state index is 5.92. The van der Waals surface area contributed by atoms with Gasteiger partial charge in [-0.3, -0.25) is 0 Å². The van der Waals surface area contributed by atoms with Crippen LogP contribution in [0, 0.1) is 5.41 Å². The zero-order chi connectivity index (χ0) is 10.0. The smallest absolute Gasteiger partial charge is 0.0417 e. The van der Waals surface area contributed by atoms with E-state index in [4.69, 9.17) is 11.6 Å². The summed E-state index contributed by atoms with van der Waals surface area (Å²) in [7, 11) is 0. The highest BCUT2D eigenvalue weighted by atomic mass is 79.9. The molecule has 0 aromatic heterocycles. The Bertz CT molecular complexity index is 323. The van der Waals surface area contributed by atoms with Crippen LogP contribution < -0.4 is 0 Å². The second-order valence-corrected chi connectivity index (χ2v) is 5.93. The van der Waals surface area contributed by atoms with E-state index < -0.39 is 0 Å². The molecule has 0 radical (unpaired) electrons. The fourth-order valence-corrected chi connectivity index (χ4v) is 3.81. The molecule has 1 fully saturated rings. The highest BCUT2D eigenvalue weighted by Crippen LogP contribution is 2.50. The van der Waals surface area contributed by atoms with Gasteiger partial charge < -0.3 is 0 Å². The van der Waals surface area contributed by atoms with Gasteiger partial charge in [-0.25, -0.2) is 0 Å². The van der Waals surface area contributed by atoms with E-state index in [0.29, 0.717) is 5.41 Å². The topological polar surface area (TPSA) is 0 Å². The van der Waals surface area contributed by atoms with Crippen molar-refractivity contribution < 1.29 is 0 Å². The third-order valence-electron chi connectivity index (χ3n) is 2.58. The summed E-state index contributed by atoms with van der Waals surface area (Å²) in [5.74, 6) is 1.21. The van der Waals surface area contributed by atoms with E-state index in [-0.39, 0.29) is 0 Å². The molecule has 0 amide bonds. The van der Waals surface area contributed by atoms with Crippen molar-refractivity contribution in [3.05, 3.63) is 29.3 Å². The number of rotatable bonds is 4. The zero-order valence-corrected chi connectivity index (χ0v) is 11.0. The Kier molecular flexibility index (Phi) is 3.46. The summed E-state index contributed by atoms with van der Waals surface area (Å²) in [5.41, 5.74) is 0.576. The van der Waals surface area contributed by atoms with Gasteiger partial charge in [-0.2, -0.15) is 0 Å². The van der Waals surface area contributed by atoms with Crippen LogP contribution in [0.4, 0.5) is 0 Å². The third kappa shape index (κ3) is 2.68. The molecule has 1 aromatic rings. The van der Waals surface area contributed by atoms with E-state index in [1.165, 1.54) is 23.5 Å². The molecule has 0 nitrogen and oxygen atoms in total. The lowest BCUT2D eigenvalue weighted by molar-refractivity contribution is 0.686. The van der Waals surface area contributed by atoms with Gasteiger partial charge >= 0.3 is 0 Å². The van der Waals surface area contributed by atoms with Gasteiger partial charge in [-0.15, -0.1) is 11.8 Å². The molecule has 14 heavy (non-hydrogen) atoms. The fraction of sp³-hybridized carbons (Fsp3) is 0.455. The van der Waals surface area contributed by atoms with Crippen molar-refractivity contribution in [3.63, 3.8) is 0 Å². The van der Waals surface area contributed by atoms with Crippen molar-refractivity contribution in [2.24, 2.45) is 5.41 Å². The SMILES string of the molecule is Clc1cccc(SCC2(CBr)CC2)c1. The molecule has 1 saturated carbocycles. The van der Waals surface area contributed by atoms with Gasteiger partial charge in [0.15, 0.2) is 0 Å². The van der Waals surface area contributed by atoms with E-state index in [1.807, 2.05) is 30.0 Å². The van der Waals surface area contributed by atoms with Crippen LogP contribution in [0.3, 0.4) is 0 Å². The second kappa shape index (κ2) is 4.46. The number of halogens is 2. The molecule has 0 N–H and O–H groups in total. The van der Waals surface area contributed by atoms with Crippen LogP contribution in [0.5, 0.6) is 0 Å². The third-order valence-corrected chi connectivity index (χ3v) is 5.35. The average Bonchev–Trinajstić information content (AvgIpc) is 2.96. The van der Waals surface area contributed by atoms with Gasteiger partial charge in [0, 0.05) is 21.0 Å². The molecule has 0 bridgehead atoms. The van der Waals surface area contributed by atoms with Crippen LogP contribution in [-0.2, 0) is 0 Å². The summed E-state index contributed by atoms with van der Waals surface area (Å²) in [4.78, 5) is 1.28. The number of thioether (sulfide) groups is 1. The normalized spacial score (nSPS) is 18.1. The van der Waals surface area contributed by atoms with Crippen molar-refractivity contribution in [1.29, 1.82) is 0 Å². The molecule has 1 aliphatic carbocycles. The molecule has 1 aliphatic rings. The lowest BCUT2D eigenvalue weighted by atomic mass is 10.2. The molecular formula is C11H12BrClS. The highest BCUT2D eigenvalue weighted by molar-refractivity contribution is 9.09. The lowest BCUT2D eigenvalue weighted by Crippen LogP contribution is -2.04. The van der Waals surface area contributed by atoms with Gasteiger partial charge in [0.25, 0.3) is 0 Å². The molecule has 1 aromatic carbocycles. The van der Waals surface area contributed by atoms with E-state index in [2.05, 4.69) is 22.0 Å². The lowest BCUT2D eigenvalue weighted by Gasteiger charge is -2.10. The number of benzene rings is 1. The predicted octanol–water partition coefficient (Wildman–Crippen LogP) is 4.61. The van der Waals surface area contributed by atoms with Crippen LogP contribution >= 0.6 is 39.3 Å². The first kappa shape index (κ1) is 10.8. The van der Waals surface area contributed by atoms with Gasteiger partial charge in [-0.1, -0.05) is 33.6 Å². The van der Waals surface area contributed by atoms with Gasteiger partial charge in [-0.05, 0) is 36.5 Å². The minimum atomic E-state index is 0.576. The van der Waals surface area contributed by atoms with Gasteiger partial charge in [0.05, 0.1) is 0 Å². The zero-order valence-electron chi connectivity index (χ0n) is 7.80. The molecule has 0 heterocycles. The first-order valence-corrected chi connectivity index (χ1v) is 7.17. The first-order chi connectivity index (χ1) is 6.74. The molecule has 0 saturated heterocycles. The minimum absolute atomic E-state index is 0.576. The monoisotopic (exact) mass is 290 g/mol. The first-order valence-electron chi connectivity index (χ1n) is 4.68. The van der Waals surface area contributed by atoms with Crippen molar-refractivity contribution in [3.8, 4) is 0 Å². The summed E-state index contributed by atoms with van der Waals surface area (Å²) in [6.45, 7) is 0. The standard InChI is InChI=1S/C11H12BrClS/c12-7-11(4-5-11)8-14-10-3-1-2-9(13)6-10/h1-3,6H,4-5,7-8H2. The summed E-state index contributed by atoms with van der Waals surface area (Å²) in [6.07, 6.45) is 2.73. The molecule has 0 spiro atoms. The van der Waals surface area contributed by atoms with Crippen molar-refractivity contribution >= 4 is 39.3 Å². The Morgan fingerprint density at radius 3 is 2.79 bits per heavy atom. The predicted molar refractivity (Wildman–Crippen MR) is 67.6 cm³/mol. The Hall–Kier alpha value is 0.340.